The van der Waals surface area contributed by atoms with Gasteiger partial charge >= 0.3 is 0 Å². The van der Waals surface area contributed by atoms with Crippen molar-refractivity contribution in [3.63, 3.8) is 0 Å². The Kier molecular flexibility index (Phi) is 5.46. The third-order valence-electron chi connectivity index (χ3n) is 4.49. The van der Waals surface area contributed by atoms with Crippen LogP contribution in [0.3, 0.4) is 0 Å². The third kappa shape index (κ3) is 3.44. The number of thioether (sulfide) groups is 1. The number of benzene rings is 1. The van der Waals surface area contributed by atoms with E-state index in [1.54, 1.807) is 14.2 Å². The van der Waals surface area contributed by atoms with E-state index < -0.39 is 0 Å². The number of amides is 1. The molecule has 1 amide bonds. The van der Waals surface area contributed by atoms with E-state index >= 15 is 0 Å². The minimum absolute atomic E-state index is 0.0155. The fourth-order valence-electron chi connectivity index (χ4n) is 3.23. The number of hydrogen-bond acceptors (Lipinski definition) is 5. The Balaban J connectivity index is 1.88. The normalized spacial score (nSPS) is 20.8. The van der Waals surface area contributed by atoms with Gasteiger partial charge in [0.05, 0.1) is 19.1 Å². The molecule has 1 aromatic rings. The molecule has 0 atom stereocenters. The molecule has 6 heteroatoms. The minimum Gasteiger partial charge on any atom is -0.497 e. The van der Waals surface area contributed by atoms with Crippen LogP contribution in [-0.4, -0.2) is 35.4 Å². The monoisotopic (exact) mass is 363 g/mol. The average Bonchev–Trinajstić information content (AvgIpc) is 2.89. The van der Waals surface area contributed by atoms with E-state index in [9.17, 15) is 4.79 Å². The maximum absolute atomic E-state index is 12.9. The van der Waals surface area contributed by atoms with E-state index in [0.717, 1.165) is 24.2 Å². The number of carbonyl (C=O) groups is 1. The highest BCUT2D eigenvalue weighted by Crippen LogP contribution is 2.38. The predicted molar refractivity (Wildman–Crippen MR) is 101 cm³/mol. The van der Waals surface area contributed by atoms with Crippen molar-refractivity contribution in [1.29, 1.82) is 0 Å². The van der Waals surface area contributed by atoms with Crippen molar-refractivity contribution in [3.8, 4) is 11.5 Å². The van der Waals surface area contributed by atoms with E-state index in [2.05, 4.69) is 0 Å². The molecule has 128 valence electrons. The number of rotatable bonds is 4. The van der Waals surface area contributed by atoms with Crippen LogP contribution in [0.1, 0.15) is 37.7 Å². The molecule has 0 spiro atoms. The Morgan fingerprint density at radius 2 is 1.96 bits per heavy atom. The highest BCUT2D eigenvalue weighted by molar-refractivity contribution is 8.26. The van der Waals surface area contributed by atoms with Gasteiger partial charge in [0.2, 0.25) is 0 Å². The van der Waals surface area contributed by atoms with Crippen LogP contribution in [0.2, 0.25) is 0 Å². The average molecular weight is 364 g/mol. The number of thiocarbonyl (C=S) groups is 1. The van der Waals surface area contributed by atoms with Crippen LogP contribution in [0, 0.1) is 0 Å². The zero-order valence-electron chi connectivity index (χ0n) is 13.9. The van der Waals surface area contributed by atoms with E-state index in [4.69, 9.17) is 21.7 Å². The van der Waals surface area contributed by atoms with E-state index in [-0.39, 0.29) is 11.9 Å². The second-order valence-electron chi connectivity index (χ2n) is 5.95. The maximum atomic E-state index is 12.9. The SMILES string of the molecule is COc1ccc(OC)c(C=C2SC(=S)N(C3CCCCC3)C2=O)c1. The van der Waals surface area contributed by atoms with Gasteiger partial charge in [-0.1, -0.05) is 43.2 Å². The zero-order chi connectivity index (χ0) is 17.1. The first-order chi connectivity index (χ1) is 11.6. The molecule has 1 heterocycles. The topological polar surface area (TPSA) is 38.8 Å². The molecule has 0 unspecified atom stereocenters. The van der Waals surface area contributed by atoms with E-state index in [1.807, 2.05) is 29.2 Å². The van der Waals surface area contributed by atoms with Gasteiger partial charge in [0.1, 0.15) is 15.8 Å². The van der Waals surface area contributed by atoms with E-state index in [0.29, 0.717) is 15.0 Å². The van der Waals surface area contributed by atoms with Crippen LogP contribution in [0.25, 0.3) is 6.08 Å². The lowest BCUT2D eigenvalue weighted by Crippen LogP contribution is -2.39. The van der Waals surface area contributed by atoms with Crippen LogP contribution >= 0.6 is 24.0 Å². The van der Waals surface area contributed by atoms with Crippen molar-refractivity contribution in [3.05, 3.63) is 28.7 Å². The molecule has 1 saturated heterocycles. The number of hydrogen-bond donors (Lipinski definition) is 0. The molecule has 4 nitrogen and oxygen atoms in total. The van der Waals surface area contributed by atoms with Gasteiger partial charge in [0.25, 0.3) is 5.91 Å². The molecular formula is C18H21NO3S2. The summed E-state index contributed by atoms with van der Waals surface area (Å²) in [6.07, 6.45) is 7.53. The van der Waals surface area contributed by atoms with Crippen LogP contribution in [-0.2, 0) is 4.79 Å². The Hall–Kier alpha value is -1.53. The molecule has 0 bridgehead atoms. The van der Waals surface area contributed by atoms with Crippen LogP contribution in [0.4, 0.5) is 0 Å². The minimum atomic E-state index is 0.0155. The quantitative estimate of drug-likeness (QED) is 0.591. The van der Waals surface area contributed by atoms with Crippen LogP contribution in [0.15, 0.2) is 23.1 Å². The smallest absolute Gasteiger partial charge is 0.266 e. The molecule has 0 radical (unpaired) electrons. The molecule has 24 heavy (non-hydrogen) atoms. The second-order valence-corrected chi connectivity index (χ2v) is 7.63. The van der Waals surface area contributed by atoms with Gasteiger partial charge < -0.3 is 9.47 Å². The molecule has 1 aliphatic carbocycles. The number of methoxy groups -OCH3 is 2. The lowest BCUT2D eigenvalue weighted by Gasteiger charge is -2.29. The van der Waals surface area contributed by atoms with Crippen molar-refractivity contribution in [1.82, 2.24) is 4.90 Å². The Morgan fingerprint density at radius 1 is 1.21 bits per heavy atom. The predicted octanol–water partition coefficient (Wildman–Crippen LogP) is 4.24. The molecular weight excluding hydrogens is 342 g/mol. The Morgan fingerprint density at radius 3 is 2.62 bits per heavy atom. The third-order valence-corrected chi connectivity index (χ3v) is 5.82. The van der Waals surface area contributed by atoms with Crippen molar-refractivity contribution in [2.24, 2.45) is 0 Å². The molecule has 3 rings (SSSR count). The first-order valence-corrected chi connectivity index (χ1v) is 9.35. The summed E-state index contributed by atoms with van der Waals surface area (Å²) in [4.78, 5) is 15.3. The summed E-state index contributed by atoms with van der Waals surface area (Å²) in [7, 11) is 3.24. The van der Waals surface area contributed by atoms with E-state index in [1.165, 1.54) is 31.0 Å². The Labute approximate surface area is 152 Å². The number of ether oxygens (including phenoxy) is 2. The van der Waals surface area contributed by atoms with Crippen LogP contribution < -0.4 is 9.47 Å². The second kappa shape index (κ2) is 7.57. The van der Waals surface area contributed by atoms with Crippen molar-refractivity contribution in [2.75, 3.05) is 14.2 Å². The lowest BCUT2D eigenvalue weighted by atomic mass is 9.94. The van der Waals surface area contributed by atoms with Crippen molar-refractivity contribution >= 4 is 40.3 Å². The standard InChI is InChI=1S/C18H21NO3S2/c1-21-14-8-9-15(22-2)12(10-14)11-16-17(20)19(18(23)24-16)13-6-4-3-5-7-13/h8-11,13H,3-7H2,1-2H3. The molecule has 0 aromatic heterocycles. The van der Waals surface area contributed by atoms with Gasteiger partial charge in [-0.25, -0.2) is 0 Å². The largest absolute Gasteiger partial charge is 0.497 e. The summed E-state index contributed by atoms with van der Waals surface area (Å²) in [5.74, 6) is 1.45. The van der Waals surface area contributed by atoms with Gasteiger partial charge in [0.15, 0.2) is 0 Å². The highest BCUT2D eigenvalue weighted by atomic mass is 32.2. The van der Waals surface area contributed by atoms with Gasteiger partial charge in [-0.3, -0.25) is 9.69 Å². The van der Waals surface area contributed by atoms with Crippen molar-refractivity contribution in [2.45, 2.75) is 38.1 Å². The zero-order valence-corrected chi connectivity index (χ0v) is 15.5. The van der Waals surface area contributed by atoms with Crippen molar-refractivity contribution < 1.29 is 14.3 Å². The Bertz CT molecular complexity index is 681. The number of carbonyl (C=O) groups excluding carboxylic acids is 1. The fourth-order valence-corrected chi connectivity index (χ4v) is 4.62. The summed E-state index contributed by atoms with van der Waals surface area (Å²) in [5, 5.41) is 0. The summed E-state index contributed by atoms with van der Waals surface area (Å²) >= 11 is 6.85. The molecule has 1 saturated carbocycles. The number of nitrogens with zero attached hydrogens (tertiary/aromatic N) is 1. The summed E-state index contributed by atoms with van der Waals surface area (Å²) < 4.78 is 11.3. The molecule has 1 aromatic carbocycles. The van der Waals surface area contributed by atoms with Crippen LogP contribution in [0.5, 0.6) is 11.5 Å². The first-order valence-electron chi connectivity index (χ1n) is 8.13. The van der Waals surface area contributed by atoms with Gasteiger partial charge in [-0.15, -0.1) is 0 Å². The van der Waals surface area contributed by atoms with Gasteiger partial charge in [-0.2, -0.15) is 0 Å². The fraction of sp³-hybridized carbons (Fsp3) is 0.444. The lowest BCUT2D eigenvalue weighted by molar-refractivity contribution is -0.124. The van der Waals surface area contributed by atoms with Gasteiger partial charge in [0, 0.05) is 11.6 Å². The molecule has 2 aliphatic rings. The first kappa shape index (κ1) is 17.3. The maximum Gasteiger partial charge on any atom is 0.266 e. The van der Waals surface area contributed by atoms with Gasteiger partial charge in [-0.05, 0) is 37.1 Å². The molecule has 1 aliphatic heterocycles. The molecule has 2 fully saturated rings. The summed E-state index contributed by atoms with van der Waals surface area (Å²) in [6, 6.07) is 5.80. The summed E-state index contributed by atoms with van der Waals surface area (Å²) in [5.41, 5.74) is 0.820. The highest BCUT2D eigenvalue weighted by Gasteiger charge is 2.37. The summed E-state index contributed by atoms with van der Waals surface area (Å²) in [6.45, 7) is 0. The molecule has 0 N–H and O–H groups in total.